The van der Waals surface area contributed by atoms with Crippen LogP contribution in [-0.2, 0) is 6.42 Å². The summed E-state index contributed by atoms with van der Waals surface area (Å²) in [7, 11) is 1.51. The lowest BCUT2D eigenvalue weighted by Crippen LogP contribution is -2.28. The first-order valence-electron chi connectivity index (χ1n) is 6.77. The molecule has 2 rings (SSSR count). The van der Waals surface area contributed by atoms with Crippen molar-refractivity contribution in [2.45, 2.75) is 32.1 Å². The number of methoxy groups -OCH3 is 1. The molecule has 2 atom stereocenters. The molecule has 2 unspecified atom stereocenters. The van der Waals surface area contributed by atoms with E-state index in [1.807, 2.05) is 12.1 Å². The van der Waals surface area contributed by atoms with E-state index in [0.717, 1.165) is 18.5 Å². The van der Waals surface area contributed by atoms with Crippen LogP contribution in [-0.4, -0.2) is 13.7 Å². The Morgan fingerprint density at radius 1 is 1.28 bits per heavy atom. The second kappa shape index (κ2) is 6.19. The van der Waals surface area contributed by atoms with Crippen molar-refractivity contribution in [1.82, 2.24) is 0 Å². The second-order valence-electron chi connectivity index (χ2n) is 5.18. The zero-order chi connectivity index (χ0) is 13.0. The molecule has 2 N–H and O–H groups in total. The van der Waals surface area contributed by atoms with E-state index in [4.69, 9.17) is 10.5 Å². The maximum atomic E-state index is 14.1. The van der Waals surface area contributed by atoms with Crippen LogP contribution in [0.15, 0.2) is 18.2 Å². The van der Waals surface area contributed by atoms with Crippen molar-refractivity contribution in [1.29, 1.82) is 0 Å². The van der Waals surface area contributed by atoms with Crippen LogP contribution in [0.1, 0.15) is 31.2 Å². The van der Waals surface area contributed by atoms with Crippen LogP contribution >= 0.6 is 0 Å². The SMILES string of the molecule is COc1cccc(CC2CCCCC2CN)c1F. The topological polar surface area (TPSA) is 35.2 Å². The van der Waals surface area contributed by atoms with Crippen LogP contribution < -0.4 is 10.5 Å². The fraction of sp³-hybridized carbons (Fsp3) is 0.600. The molecule has 3 heteroatoms. The van der Waals surface area contributed by atoms with Gasteiger partial charge in [-0.1, -0.05) is 25.0 Å². The van der Waals surface area contributed by atoms with Crippen molar-refractivity contribution in [3.8, 4) is 5.75 Å². The Kier molecular flexibility index (Phi) is 4.59. The molecule has 2 nitrogen and oxygen atoms in total. The van der Waals surface area contributed by atoms with Gasteiger partial charge in [0.25, 0.3) is 0 Å². The highest BCUT2D eigenvalue weighted by atomic mass is 19.1. The van der Waals surface area contributed by atoms with E-state index >= 15 is 0 Å². The maximum absolute atomic E-state index is 14.1. The second-order valence-corrected chi connectivity index (χ2v) is 5.18. The van der Waals surface area contributed by atoms with Gasteiger partial charge in [0.1, 0.15) is 0 Å². The smallest absolute Gasteiger partial charge is 0.168 e. The van der Waals surface area contributed by atoms with Crippen LogP contribution in [0, 0.1) is 17.7 Å². The lowest BCUT2D eigenvalue weighted by Gasteiger charge is -2.30. The number of hydrogen-bond acceptors (Lipinski definition) is 2. The van der Waals surface area contributed by atoms with E-state index in [0.29, 0.717) is 17.6 Å². The summed E-state index contributed by atoms with van der Waals surface area (Å²) >= 11 is 0. The van der Waals surface area contributed by atoms with Gasteiger partial charge >= 0.3 is 0 Å². The Bertz CT molecular complexity index is 394. The van der Waals surface area contributed by atoms with Gasteiger partial charge in [-0.15, -0.1) is 0 Å². The predicted octanol–water partition coefficient (Wildman–Crippen LogP) is 3.14. The fourth-order valence-electron chi connectivity index (χ4n) is 3.02. The van der Waals surface area contributed by atoms with Gasteiger partial charge in [0.15, 0.2) is 11.6 Å². The fourth-order valence-corrected chi connectivity index (χ4v) is 3.02. The third-order valence-corrected chi connectivity index (χ3v) is 4.11. The minimum atomic E-state index is -0.207. The molecule has 18 heavy (non-hydrogen) atoms. The third kappa shape index (κ3) is 2.83. The summed E-state index contributed by atoms with van der Waals surface area (Å²) in [6.45, 7) is 0.719. The molecule has 1 saturated carbocycles. The standard InChI is InChI=1S/C15H22FNO/c1-18-14-8-4-7-12(15(14)16)9-11-5-2-3-6-13(11)10-17/h4,7-8,11,13H,2-3,5-6,9-10,17H2,1H3. The molecule has 1 aliphatic rings. The van der Waals surface area contributed by atoms with Crippen molar-refractivity contribution in [3.63, 3.8) is 0 Å². The van der Waals surface area contributed by atoms with Gasteiger partial charge in [0.2, 0.25) is 0 Å². The zero-order valence-electron chi connectivity index (χ0n) is 11.0. The van der Waals surface area contributed by atoms with Crippen molar-refractivity contribution in [2.24, 2.45) is 17.6 Å². The molecule has 0 spiro atoms. The van der Waals surface area contributed by atoms with Gasteiger partial charge in [0.05, 0.1) is 7.11 Å². The highest BCUT2D eigenvalue weighted by Crippen LogP contribution is 2.33. The van der Waals surface area contributed by atoms with Crippen molar-refractivity contribution >= 4 is 0 Å². The minimum Gasteiger partial charge on any atom is -0.494 e. The zero-order valence-corrected chi connectivity index (χ0v) is 11.0. The van der Waals surface area contributed by atoms with Crippen molar-refractivity contribution in [2.75, 3.05) is 13.7 Å². The molecule has 1 aromatic rings. The van der Waals surface area contributed by atoms with Crippen molar-refractivity contribution < 1.29 is 9.13 Å². The number of hydrogen-bond donors (Lipinski definition) is 1. The van der Waals surface area contributed by atoms with Gasteiger partial charge in [0, 0.05) is 0 Å². The van der Waals surface area contributed by atoms with Crippen LogP contribution in [0.3, 0.4) is 0 Å². The third-order valence-electron chi connectivity index (χ3n) is 4.11. The van der Waals surface area contributed by atoms with Crippen LogP contribution in [0.2, 0.25) is 0 Å². The lowest BCUT2D eigenvalue weighted by molar-refractivity contribution is 0.239. The molecule has 0 amide bonds. The van der Waals surface area contributed by atoms with E-state index < -0.39 is 0 Å². The molecular weight excluding hydrogens is 229 g/mol. The maximum Gasteiger partial charge on any atom is 0.168 e. The summed E-state index contributed by atoms with van der Waals surface area (Å²) in [6, 6.07) is 5.39. The molecule has 100 valence electrons. The Morgan fingerprint density at radius 3 is 2.67 bits per heavy atom. The quantitative estimate of drug-likeness (QED) is 0.892. The highest BCUT2D eigenvalue weighted by molar-refractivity contribution is 5.31. The summed E-state index contributed by atoms with van der Waals surface area (Å²) < 4.78 is 19.1. The first-order valence-corrected chi connectivity index (χ1v) is 6.77. The van der Waals surface area contributed by atoms with Crippen LogP contribution in [0.25, 0.3) is 0 Å². The molecule has 0 aromatic heterocycles. The molecule has 0 radical (unpaired) electrons. The van der Waals surface area contributed by atoms with E-state index in [1.54, 1.807) is 6.07 Å². The summed E-state index contributed by atoms with van der Waals surface area (Å²) in [5.74, 6) is 1.20. The number of ether oxygens (including phenoxy) is 1. The Labute approximate surface area is 108 Å². The van der Waals surface area contributed by atoms with Crippen molar-refractivity contribution in [3.05, 3.63) is 29.6 Å². The Balaban J connectivity index is 2.12. The molecule has 0 saturated heterocycles. The Hall–Kier alpha value is -1.09. The minimum absolute atomic E-state index is 0.207. The molecule has 1 aromatic carbocycles. The number of nitrogens with two attached hydrogens (primary N) is 1. The first kappa shape index (κ1) is 13.3. The average molecular weight is 251 g/mol. The molecule has 1 aliphatic carbocycles. The monoisotopic (exact) mass is 251 g/mol. The largest absolute Gasteiger partial charge is 0.494 e. The van der Waals surface area contributed by atoms with Gasteiger partial charge < -0.3 is 10.5 Å². The molecular formula is C15H22FNO. The van der Waals surface area contributed by atoms with Gasteiger partial charge in [-0.2, -0.15) is 0 Å². The van der Waals surface area contributed by atoms with E-state index in [2.05, 4.69) is 0 Å². The van der Waals surface area contributed by atoms with Gasteiger partial charge in [-0.05, 0) is 49.3 Å². The van der Waals surface area contributed by atoms with E-state index in [1.165, 1.54) is 32.8 Å². The summed E-state index contributed by atoms with van der Waals surface area (Å²) in [6.07, 6.45) is 5.64. The van der Waals surface area contributed by atoms with Crippen LogP contribution in [0.4, 0.5) is 4.39 Å². The molecule has 0 bridgehead atoms. The number of benzene rings is 1. The van der Waals surface area contributed by atoms with E-state index in [9.17, 15) is 4.39 Å². The first-order chi connectivity index (χ1) is 8.76. The average Bonchev–Trinajstić information content (AvgIpc) is 2.42. The molecule has 1 fully saturated rings. The lowest BCUT2D eigenvalue weighted by atomic mass is 9.76. The molecule has 0 heterocycles. The predicted molar refractivity (Wildman–Crippen MR) is 71.2 cm³/mol. The number of halogens is 1. The van der Waals surface area contributed by atoms with Crippen LogP contribution in [0.5, 0.6) is 5.75 Å². The number of rotatable bonds is 4. The normalized spacial score (nSPS) is 23.9. The van der Waals surface area contributed by atoms with Gasteiger partial charge in [-0.3, -0.25) is 0 Å². The Morgan fingerprint density at radius 2 is 2.00 bits per heavy atom. The molecule has 0 aliphatic heterocycles. The van der Waals surface area contributed by atoms with Gasteiger partial charge in [-0.25, -0.2) is 4.39 Å². The highest BCUT2D eigenvalue weighted by Gasteiger charge is 2.25. The summed E-state index contributed by atoms with van der Waals surface area (Å²) in [5, 5.41) is 0. The summed E-state index contributed by atoms with van der Waals surface area (Å²) in [4.78, 5) is 0. The van der Waals surface area contributed by atoms with E-state index in [-0.39, 0.29) is 5.82 Å². The summed E-state index contributed by atoms with van der Waals surface area (Å²) in [5.41, 5.74) is 6.59.